The minimum absolute atomic E-state index is 0.0654. The molecular formula is C20H21F3N4O2. The van der Waals surface area contributed by atoms with E-state index in [9.17, 15) is 23.4 Å². The van der Waals surface area contributed by atoms with E-state index >= 15 is 0 Å². The van der Waals surface area contributed by atoms with Gasteiger partial charge in [0.1, 0.15) is 17.4 Å². The minimum atomic E-state index is -4.54. The van der Waals surface area contributed by atoms with Crippen LogP contribution in [0.2, 0.25) is 0 Å². The van der Waals surface area contributed by atoms with Gasteiger partial charge in [-0.2, -0.15) is 13.2 Å². The number of benzene rings is 1. The van der Waals surface area contributed by atoms with Gasteiger partial charge in [0.2, 0.25) is 0 Å². The number of aromatic hydroxyl groups is 1. The number of nitrogens with zero attached hydrogens (tertiary/aromatic N) is 3. The monoisotopic (exact) mass is 406 g/mol. The number of phenols is 1. The van der Waals surface area contributed by atoms with Crippen molar-refractivity contribution in [3.63, 3.8) is 0 Å². The molecule has 2 unspecified atom stereocenters. The lowest BCUT2D eigenvalue weighted by Crippen LogP contribution is -2.28. The Labute approximate surface area is 165 Å². The highest BCUT2D eigenvalue weighted by Crippen LogP contribution is 2.39. The molecule has 29 heavy (non-hydrogen) atoms. The summed E-state index contributed by atoms with van der Waals surface area (Å²) in [5, 5.41) is 23.5. The first-order chi connectivity index (χ1) is 13.6. The molecule has 1 fully saturated rings. The van der Waals surface area contributed by atoms with E-state index in [0.717, 1.165) is 25.3 Å². The predicted octanol–water partition coefficient (Wildman–Crippen LogP) is 3.99. The Morgan fingerprint density at radius 3 is 2.55 bits per heavy atom. The molecule has 0 saturated heterocycles. The summed E-state index contributed by atoms with van der Waals surface area (Å²) in [4.78, 5) is 8.94. The van der Waals surface area contributed by atoms with E-state index in [2.05, 4.69) is 15.3 Å². The molecule has 3 aromatic rings. The van der Waals surface area contributed by atoms with Crippen molar-refractivity contribution in [3.8, 4) is 17.1 Å². The van der Waals surface area contributed by atoms with E-state index in [1.165, 1.54) is 6.92 Å². The van der Waals surface area contributed by atoms with Crippen molar-refractivity contribution < 1.29 is 23.4 Å². The van der Waals surface area contributed by atoms with Crippen LogP contribution < -0.4 is 5.32 Å². The number of pyridine rings is 1. The number of imidazole rings is 1. The fourth-order valence-electron chi connectivity index (χ4n) is 3.90. The maximum atomic E-state index is 13.0. The van der Waals surface area contributed by atoms with Gasteiger partial charge in [0.05, 0.1) is 28.8 Å². The summed E-state index contributed by atoms with van der Waals surface area (Å²) in [7, 11) is 1.72. The van der Waals surface area contributed by atoms with Gasteiger partial charge in [-0.15, -0.1) is 0 Å². The summed E-state index contributed by atoms with van der Waals surface area (Å²) in [6.45, 7) is 1.51. The second kappa shape index (κ2) is 6.91. The van der Waals surface area contributed by atoms with E-state index in [1.54, 1.807) is 23.7 Å². The van der Waals surface area contributed by atoms with Crippen LogP contribution in [-0.2, 0) is 13.2 Å². The van der Waals surface area contributed by atoms with Crippen molar-refractivity contribution in [2.75, 3.05) is 5.32 Å². The number of phenolic OH excluding ortho intramolecular Hbond substituents is 1. The van der Waals surface area contributed by atoms with Crippen LogP contribution in [0.4, 0.5) is 19.0 Å². The second-order valence-corrected chi connectivity index (χ2v) is 7.47. The predicted molar refractivity (Wildman–Crippen MR) is 103 cm³/mol. The van der Waals surface area contributed by atoms with Gasteiger partial charge in [0.25, 0.3) is 0 Å². The molecule has 1 saturated carbocycles. The number of hydrogen-bond donors (Lipinski definition) is 3. The van der Waals surface area contributed by atoms with Crippen molar-refractivity contribution in [2.45, 2.75) is 44.5 Å². The van der Waals surface area contributed by atoms with Crippen molar-refractivity contribution in [2.24, 2.45) is 7.05 Å². The number of aliphatic hydroxyl groups is 1. The van der Waals surface area contributed by atoms with Crippen molar-refractivity contribution in [3.05, 3.63) is 35.4 Å². The van der Waals surface area contributed by atoms with Gasteiger partial charge >= 0.3 is 6.18 Å². The highest BCUT2D eigenvalue weighted by molar-refractivity contribution is 5.81. The average molecular weight is 406 g/mol. The molecule has 2 atom stereocenters. The Morgan fingerprint density at radius 2 is 1.93 bits per heavy atom. The Balaban J connectivity index is 1.74. The van der Waals surface area contributed by atoms with E-state index in [0.29, 0.717) is 28.9 Å². The molecule has 1 aromatic carbocycles. The molecule has 0 radical (unpaired) electrons. The van der Waals surface area contributed by atoms with E-state index in [1.807, 2.05) is 0 Å². The largest absolute Gasteiger partial charge is 0.507 e. The molecule has 2 heterocycles. The fourth-order valence-corrected chi connectivity index (χ4v) is 3.90. The van der Waals surface area contributed by atoms with Crippen LogP contribution in [0.3, 0.4) is 0 Å². The summed E-state index contributed by atoms with van der Waals surface area (Å²) >= 11 is 0. The average Bonchev–Trinajstić information content (AvgIpc) is 3.17. The third-order valence-corrected chi connectivity index (χ3v) is 5.42. The summed E-state index contributed by atoms with van der Waals surface area (Å²) in [6.07, 6.45) is -2.41. The third-order valence-electron chi connectivity index (χ3n) is 5.42. The SMILES string of the molecule is Cc1cc(C(F)(F)F)cc(O)c1-c1nc2nc(NC3CCCC3O)ccc2n1C. The molecule has 154 valence electrons. The number of aryl methyl sites for hydroxylation is 2. The molecule has 4 rings (SSSR count). The third kappa shape index (κ3) is 3.50. The lowest BCUT2D eigenvalue weighted by molar-refractivity contribution is -0.137. The van der Waals surface area contributed by atoms with Crippen LogP contribution in [0, 0.1) is 6.92 Å². The first-order valence-corrected chi connectivity index (χ1v) is 9.34. The molecule has 6 nitrogen and oxygen atoms in total. The molecular weight excluding hydrogens is 385 g/mol. The van der Waals surface area contributed by atoms with Crippen LogP contribution in [0.1, 0.15) is 30.4 Å². The van der Waals surface area contributed by atoms with Crippen LogP contribution in [-0.4, -0.2) is 36.9 Å². The number of aliphatic hydroxyl groups excluding tert-OH is 1. The Kier molecular flexibility index (Phi) is 4.65. The maximum absolute atomic E-state index is 13.0. The van der Waals surface area contributed by atoms with Gasteiger partial charge < -0.3 is 20.1 Å². The maximum Gasteiger partial charge on any atom is 0.416 e. The lowest BCUT2D eigenvalue weighted by atomic mass is 10.0. The molecule has 0 aliphatic heterocycles. The molecule has 1 aliphatic carbocycles. The first-order valence-electron chi connectivity index (χ1n) is 9.34. The van der Waals surface area contributed by atoms with Gasteiger partial charge in [-0.25, -0.2) is 9.97 Å². The van der Waals surface area contributed by atoms with Crippen LogP contribution in [0.15, 0.2) is 24.3 Å². The standard InChI is InChI=1S/C20H21F3N4O2/c1-10-8-11(20(21,22)23)9-15(29)17(10)19-26-18-13(27(19)2)6-7-16(25-18)24-12-4-3-5-14(12)28/h6-9,12,14,28-29H,3-5H2,1-2H3,(H,24,25). The molecule has 1 aliphatic rings. The molecule has 2 aromatic heterocycles. The molecule has 0 bridgehead atoms. The topological polar surface area (TPSA) is 83.2 Å². The van der Waals surface area contributed by atoms with Crippen molar-refractivity contribution in [1.29, 1.82) is 0 Å². The van der Waals surface area contributed by atoms with Gasteiger partial charge in [-0.05, 0) is 56.0 Å². The highest BCUT2D eigenvalue weighted by Gasteiger charge is 2.32. The van der Waals surface area contributed by atoms with Crippen molar-refractivity contribution >= 4 is 17.0 Å². The van der Waals surface area contributed by atoms with Gasteiger partial charge in [-0.3, -0.25) is 0 Å². The Morgan fingerprint density at radius 1 is 1.17 bits per heavy atom. The first kappa shape index (κ1) is 19.5. The number of aromatic nitrogens is 3. The highest BCUT2D eigenvalue weighted by atomic mass is 19.4. The number of nitrogens with one attached hydrogen (secondary N) is 1. The lowest BCUT2D eigenvalue weighted by Gasteiger charge is -2.16. The zero-order valence-corrected chi connectivity index (χ0v) is 16.0. The normalized spacial score (nSPS) is 19.8. The number of fused-ring (bicyclic) bond motifs is 1. The molecule has 0 spiro atoms. The van der Waals surface area contributed by atoms with E-state index in [-0.39, 0.29) is 17.2 Å². The van der Waals surface area contributed by atoms with Crippen LogP contribution >= 0.6 is 0 Å². The van der Waals surface area contributed by atoms with E-state index in [4.69, 9.17) is 0 Å². The number of rotatable bonds is 3. The summed E-state index contributed by atoms with van der Waals surface area (Å²) in [5.41, 5.74) is 0.673. The molecule has 3 N–H and O–H groups in total. The van der Waals surface area contributed by atoms with Gasteiger partial charge in [0, 0.05) is 7.05 Å². The summed E-state index contributed by atoms with van der Waals surface area (Å²) in [5.74, 6) is 0.416. The summed E-state index contributed by atoms with van der Waals surface area (Å²) < 4.78 is 40.7. The van der Waals surface area contributed by atoms with Crippen LogP contribution in [0.5, 0.6) is 5.75 Å². The van der Waals surface area contributed by atoms with Gasteiger partial charge in [-0.1, -0.05) is 0 Å². The fraction of sp³-hybridized carbons (Fsp3) is 0.400. The van der Waals surface area contributed by atoms with Crippen LogP contribution in [0.25, 0.3) is 22.6 Å². The van der Waals surface area contributed by atoms with E-state index < -0.39 is 23.6 Å². The zero-order valence-electron chi connectivity index (χ0n) is 16.0. The number of halogens is 3. The summed E-state index contributed by atoms with van der Waals surface area (Å²) in [6, 6.07) is 5.22. The molecule has 0 amide bonds. The zero-order chi connectivity index (χ0) is 20.9. The number of hydrogen-bond acceptors (Lipinski definition) is 5. The number of anilines is 1. The Hall–Kier alpha value is -2.81. The smallest absolute Gasteiger partial charge is 0.416 e. The molecule has 9 heteroatoms. The Bertz CT molecular complexity index is 1050. The van der Waals surface area contributed by atoms with Crippen molar-refractivity contribution in [1.82, 2.24) is 14.5 Å². The second-order valence-electron chi connectivity index (χ2n) is 7.47. The number of alkyl halides is 3. The van der Waals surface area contributed by atoms with Gasteiger partial charge in [0.15, 0.2) is 5.65 Å². The minimum Gasteiger partial charge on any atom is -0.507 e. The quantitative estimate of drug-likeness (QED) is 0.613.